The second-order valence-corrected chi connectivity index (χ2v) is 4.12. The Balaban J connectivity index is 3.07. The normalized spacial score (nSPS) is 10.8. The maximum absolute atomic E-state index is 5.81. The van der Waals surface area contributed by atoms with Crippen molar-refractivity contribution in [1.29, 1.82) is 0 Å². The molecule has 3 nitrogen and oxygen atoms in total. The number of hydrazone groups is 1. The number of aryl methyl sites for hydroxylation is 2. The molecule has 0 saturated heterocycles. The number of hydrogen-bond acceptors (Lipinski definition) is 3. The summed E-state index contributed by atoms with van der Waals surface area (Å²) in [5, 5.41) is 6.21. The fraction of sp³-hybridized carbons (Fsp3) is 0.357. The summed E-state index contributed by atoms with van der Waals surface area (Å²) in [4.78, 5) is 0. The van der Waals surface area contributed by atoms with Crippen molar-refractivity contribution in [3.8, 4) is 0 Å². The van der Waals surface area contributed by atoms with Gasteiger partial charge in [-0.05, 0) is 43.5 Å². The number of nitrogens with zero attached hydrogens (tertiary/aromatic N) is 2. The summed E-state index contributed by atoms with van der Waals surface area (Å²) in [6.07, 6.45) is 5.69. The summed E-state index contributed by atoms with van der Waals surface area (Å²) < 4.78 is 0. The zero-order valence-electron chi connectivity index (χ0n) is 10.9. The van der Waals surface area contributed by atoms with E-state index >= 15 is 0 Å². The molecule has 3 heteroatoms. The summed E-state index contributed by atoms with van der Waals surface area (Å²) in [7, 11) is 0. The Bertz CT molecular complexity index is 398. The molecule has 2 N–H and O–H groups in total. The highest BCUT2D eigenvalue weighted by atomic mass is 15.4. The predicted molar refractivity (Wildman–Crippen MR) is 76.4 cm³/mol. The van der Waals surface area contributed by atoms with Crippen LogP contribution in [0.3, 0.4) is 0 Å². The molecule has 0 amide bonds. The predicted octanol–water partition coefficient (Wildman–Crippen LogP) is 3.62. The molecule has 0 aliphatic carbocycles. The summed E-state index contributed by atoms with van der Waals surface area (Å²) in [6.45, 7) is 10.00. The molecule has 0 unspecified atom stereocenters. The molecule has 1 aromatic carbocycles. The first-order valence-electron chi connectivity index (χ1n) is 5.91. The van der Waals surface area contributed by atoms with Crippen LogP contribution < -0.4 is 10.7 Å². The van der Waals surface area contributed by atoms with Gasteiger partial charge >= 0.3 is 0 Å². The van der Waals surface area contributed by atoms with Gasteiger partial charge in [-0.25, -0.2) is 5.01 Å². The van der Waals surface area contributed by atoms with Gasteiger partial charge in [0.25, 0.3) is 0 Å². The van der Waals surface area contributed by atoms with Crippen LogP contribution in [0.2, 0.25) is 0 Å². The number of nitrogen functional groups attached to an aromatic ring is 1. The van der Waals surface area contributed by atoms with Crippen molar-refractivity contribution in [2.45, 2.75) is 33.6 Å². The van der Waals surface area contributed by atoms with Gasteiger partial charge in [-0.1, -0.05) is 19.9 Å². The van der Waals surface area contributed by atoms with Crippen LogP contribution in [0.4, 0.5) is 11.4 Å². The summed E-state index contributed by atoms with van der Waals surface area (Å²) in [5.74, 6) is 0. The van der Waals surface area contributed by atoms with Crippen molar-refractivity contribution in [3.05, 3.63) is 36.0 Å². The van der Waals surface area contributed by atoms with E-state index in [9.17, 15) is 0 Å². The van der Waals surface area contributed by atoms with Crippen LogP contribution in [0.1, 0.15) is 30.9 Å². The van der Waals surface area contributed by atoms with E-state index in [0.717, 1.165) is 35.3 Å². The van der Waals surface area contributed by atoms with E-state index in [2.05, 4.69) is 18.6 Å². The lowest BCUT2D eigenvalue weighted by Gasteiger charge is -2.19. The molecule has 0 spiro atoms. The lowest BCUT2D eigenvalue weighted by Crippen LogP contribution is -2.10. The molecule has 0 aromatic heterocycles. The van der Waals surface area contributed by atoms with Gasteiger partial charge in [-0.15, -0.1) is 0 Å². The van der Waals surface area contributed by atoms with Crippen LogP contribution in [0.5, 0.6) is 0 Å². The first-order valence-corrected chi connectivity index (χ1v) is 5.91. The number of benzene rings is 1. The van der Waals surface area contributed by atoms with Gasteiger partial charge in [-0.3, -0.25) is 0 Å². The number of unbranched alkanes of at least 4 members (excludes halogenated alkanes) is 1. The second kappa shape index (κ2) is 6.09. The molecular weight excluding hydrogens is 210 g/mol. The van der Waals surface area contributed by atoms with Gasteiger partial charge < -0.3 is 5.73 Å². The smallest absolute Gasteiger partial charge is 0.0704 e. The zero-order chi connectivity index (χ0) is 12.8. The van der Waals surface area contributed by atoms with Crippen molar-refractivity contribution in [2.24, 2.45) is 5.10 Å². The average Bonchev–Trinajstić information content (AvgIpc) is 2.25. The molecule has 0 bridgehead atoms. The average molecular weight is 231 g/mol. The Morgan fingerprint density at radius 3 is 2.41 bits per heavy atom. The maximum Gasteiger partial charge on any atom is 0.0704 e. The highest BCUT2D eigenvalue weighted by Gasteiger charge is 2.08. The van der Waals surface area contributed by atoms with Crippen molar-refractivity contribution in [3.63, 3.8) is 0 Å². The lowest BCUT2D eigenvalue weighted by atomic mass is 10.1. The molecule has 0 saturated carbocycles. The van der Waals surface area contributed by atoms with Crippen molar-refractivity contribution in [2.75, 3.05) is 10.7 Å². The van der Waals surface area contributed by atoms with Gasteiger partial charge in [-0.2, -0.15) is 5.10 Å². The lowest BCUT2D eigenvalue weighted by molar-refractivity contribution is 0.983. The van der Waals surface area contributed by atoms with Gasteiger partial charge in [0.2, 0.25) is 0 Å². The Morgan fingerprint density at radius 1 is 1.35 bits per heavy atom. The summed E-state index contributed by atoms with van der Waals surface area (Å²) in [6, 6.07) is 3.91. The van der Waals surface area contributed by atoms with Crippen LogP contribution in [-0.4, -0.2) is 6.21 Å². The first-order chi connectivity index (χ1) is 8.10. The van der Waals surface area contributed by atoms with E-state index in [4.69, 9.17) is 5.73 Å². The Hall–Kier alpha value is -1.77. The summed E-state index contributed by atoms with van der Waals surface area (Å²) in [5.41, 5.74) is 9.86. The molecule has 0 fully saturated rings. The minimum atomic E-state index is 0.783. The van der Waals surface area contributed by atoms with Crippen molar-refractivity contribution < 1.29 is 0 Å². The van der Waals surface area contributed by atoms with E-state index in [1.54, 1.807) is 11.2 Å². The summed E-state index contributed by atoms with van der Waals surface area (Å²) >= 11 is 0. The largest absolute Gasteiger partial charge is 0.399 e. The number of hydrogen-bond donors (Lipinski definition) is 1. The maximum atomic E-state index is 5.81. The second-order valence-electron chi connectivity index (χ2n) is 4.12. The van der Waals surface area contributed by atoms with Crippen LogP contribution in [-0.2, 0) is 0 Å². The van der Waals surface area contributed by atoms with E-state index < -0.39 is 0 Å². The molecule has 1 aromatic rings. The Kier molecular flexibility index (Phi) is 4.76. The Labute approximate surface area is 104 Å². The van der Waals surface area contributed by atoms with Gasteiger partial charge in [0.05, 0.1) is 5.69 Å². The minimum Gasteiger partial charge on any atom is -0.399 e. The number of nitrogens with two attached hydrogens (primary N) is 1. The minimum absolute atomic E-state index is 0.783. The molecule has 0 radical (unpaired) electrons. The highest BCUT2D eigenvalue weighted by molar-refractivity contribution is 5.68. The SMILES string of the molecule is C=CN(/N=C\CCC)c1c(C)cc(N)cc1C. The third-order valence-corrected chi connectivity index (χ3v) is 2.54. The van der Waals surface area contributed by atoms with E-state index in [0.29, 0.717) is 0 Å². The number of anilines is 2. The molecule has 0 aliphatic heterocycles. The topological polar surface area (TPSA) is 41.6 Å². The quantitative estimate of drug-likeness (QED) is 0.477. The highest BCUT2D eigenvalue weighted by Crippen LogP contribution is 2.27. The van der Waals surface area contributed by atoms with Crippen LogP contribution >= 0.6 is 0 Å². The van der Waals surface area contributed by atoms with Crippen LogP contribution in [0.15, 0.2) is 30.0 Å². The molecule has 0 heterocycles. The third-order valence-electron chi connectivity index (χ3n) is 2.54. The standard InChI is InChI=1S/C14H21N3/c1-5-7-8-16-17(6-2)14-11(3)9-13(15)10-12(14)4/h6,8-10H,2,5,7,15H2,1,3-4H3/b16-8-. The van der Waals surface area contributed by atoms with Gasteiger partial charge in [0.1, 0.15) is 0 Å². The van der Waals surface area contributed by atoms with E-state index in [1.807, 2.05) is 32.2 Å². The van der Waals surface area contributed by atoms with Gasteiger partial charge in [0, 0.05) is 18.1 Å². The fourth-order valence-electron chi connectivity index (χ4n) is 1.82. The van der Waals surface area contributed by atoms with E-state index in [1.165, 1.54) is 0 Å². The molecule has 17 heavy (non-hydrogen) atoms. The number of rotatable bonds is 5. The van der Waals surface area contributed by atoms with Crippen LogP contribution in [0.25, 0.3) is 0 Å². The zero-order valence-corrected chi connectivity index (χ0v) is 10.9. The molecule has 0 aliphatic rings. The molecule has 0 atom stereocenters. The van der Waals surface area contributed by atoms with Crippen molar-refractivity contribution in [1.82, 2.24) is 0 Å². The van der Waals surface area contributed by atoms with Crippen LogP contribution in [0, 0.1) is 13.8 Å². The molecular formula is C14H21N3. The molecule has 1 rings (SSSR count). The Morgan fingerprint density at radius 2 is 1.94 bits per heavy atom. The third kappa shape index (κ3) is 3.34. The van der Waals surface area contributed by atoms with E-state index in [-0.39, 0.29) is 0 Å². The molecule has 92 valence electrons. The first kappa shape index (κ1) is 13.3. The van der Waals surface area contributed by atoms with Gasteiger partial charge in [0.15, 0.2) is 0 Å². The van der Waals surface area contributed by atoms with Crippen molar-refractivity contribution >= 4 is 17.6 Å². The fourth-order valence-corrected chi connectivity index (χ4v) is 1.82. The monoisotopic (exact) mass is 231 g/mol.